The van der Waals surface area contributed by atoms with Gasteiger partial charge in [-0.3, -0.25) is 4.98 Å². The molecule has 15 heavy (non-hydrogen) atoms. The number of anilines is 1. The number of pyridine rings is 2. The maximum absolute atomic E-state index is 5.76. The van der Waals surface area contributed by atoms with Crippen LogP contribution >= 0.6 is 0 Å². The van der Waals surface area contributed by atoms with Gasteiger partial charge in [0.1, 0.15) is 5.82 Å². The van der Waals surface area contributed by atoms with E-state index in [1.807, 2.05) is 18.2 Å². The van der Waals surface area contributed by atoms with Crippen molar-refractivity contribution in [3.8, 4) is 0 Å². The molecule has 0 aliphatic rings. The highest BCUT2D eigenvalue weighted by Crippen LogP contribution is 2.24. The third kappa shape index (κ3) is 1.77. The van der Waals surface area contributed by atoms with Gasteiger partial charge in [-0.1, -0.05) is 20.8 Å². The Morgan fingerprint density at radius 2 is 1.87 bits per heavy atom. The number of fused-ring (bicyclic) bond motifs is 1. The normalized spacial score (nSPS) is 11.9. The predicted molar refractivity (Wildman–Crippen MR) is 62.7 cm³/mol. The van der Waals surface area contributed by atoms with Crippen LogP contribution in [0.3, 0.4) is 0 Å². The summed E-state index contributed by atoms with van der Waals surface area (Å²) in [5.41, 5.74) is 7.81. The van der Waals surface area contributed by atoms with Crippen molar-refractivity contribution < 1.29 is 0 Å². The summed E-state index contributed by atoms with van der Waals surface area (Å²) in [6.45, 7) is 6.43. The molecule has 3 nitrogen and oxygen atoms in total. The fourth-order valence-corrected chi connectivity index (χ4v) is 1.49. The van der Waals surface area contributed by atoms with Gasteiger partial charge in [-0.2, -0.15) is 0 Å². The fourth-order valence-electron chi connectivity index (χ4n) is 1.49. The molecule has 0 aliphatic carbocycles. The lowest BCUT2D eigenvalue weighted by Crippen LogP contribution is -2.13. The van der Waals surface area contributed by atoms with Gasteiger partial charge in [-0.05, 0) is 18.2 Å². The van der Waals surface area contributed by atoms with Crippen LogP contribution in [0.4, 0.5) is 5.82 Å². The van der Waals surface area contributed by atoms with E-state index < -0.39 is 0 Å². The van der Waals surface area contributed by atoms with E-state index in [0.29, 0.717) is 5.82 Å². The number of rotatable bonds is 0. The molecule has 0 radical (unpaired) electrons. The van der Waals surface area contributed by atoms with Gasteiger partial charge >= 0.3 is 0 Å². The van der Waals surface area contributed by atoms with Gasteiger partial charge in [0.2, 0.25) is 0 Å². The molecule has 2 aromatic heterocycles. The Balaban J connectivity index is 2.68. The predicted octanol–water partition coefficient (Wildman–Crippen LogP) is 2.51. The summed E-state index contributed by atoms with van der Waals surface area (Å²) in [5, 5.41) is 0.922. The molecule has 0 saturated carbocycles. The summed E-state index contributed by atoms with van der Waals surface area (Å²) < 4.78 is 0. The van der Waals surface area contributed by atoms with Crippen molar-refractivity contribution in [1.82, 2.24) is 9.97 Å². The second-order valence-electron chi connectivity index (χ2n) is 4.71. The minimum atomic E-state index is 0.0617. The SMILES string of the molecule is CC(C)(C)c1ccc2c(N)nccc2n1. The van der Waals surface area contributed by atoms with Gasteiger partial charge in [0.05, 0.1) is 5.52 Å². The number of nitrogens with zero attached hydrogens (tertiary/aromatic N) is 2. The van der Waals surface area contributed by atoms with Crippen molar-refractivity contribution in [2.75, 3.05) is 5.73 Å². The summed E-state index contributed by atoms with van der Waals surface area (Å²) in [6, 6.07) is 5.90. The molecule has 3 heteroatoms. The zero-order valence-corrected chi connectivity index (χ0v) is 9.28. The van der Waals surface area contributed by atoms with Crippen LogP contribution in [-0.4, -0.2) is 9.97 Å². The van der Waals surface area contributed by atoms with Crippen LogP contribution in [0.15, 0.2) is 24.4 Å². The van der Waals surface area contributed by atoms with Crippen molar-refractivity contribution in [3.05, 3.63) is 30.1 Å². The van der Waals surface area contributed by atoms with Gasteiger partial charge in [0, 0.05) is 22.7 Å². The van der Waals surface area contributed by atoms with E-state index in [2.05, 4.69) is 30.7 Å². The second-order valence-corrected chi connectivity index (χ2v) is 4.71. The minimum absolute atomic E-state index is 0.0617. The zero-order chi connectivity index (χ0) is 11.1. The van der Waals surface area contributed by atoms with Crippen LogP contribution in [0.25, 0.3) is 10.9 Å². The Labute approximate surface area is 89.4 Å². The first kappa shape index (κ1) is 9.90. The Kier molecular flexibility index (Phi) is 2.11. The summed E-state index contributed by atoms with van der Waals surface area (Å²) >= 11 is 0. The first-order valence-electron chi connectivity index (χ1n) is 5.00. The molecule has 0 spiro atoms. The fraction of sp³-hybridized carbons (Fsp3) is 0.333. The minimum Gasteiger partial charge on any atom is -0.383 e. The van der Waals surface area contributed by atoms with Crippen LogP contribution < -0.4 is 5.73 Å². The van der Waals surface area contributed by atoms with Gasteiger partial charge in [0.25, 0.3) is 0 Å². The lowest BCUT2D eigenvalue weighted by Gasteiger charge is -2.18. The molecule has 78 valence electrons. The van der Waals surface area contributed by atoms with Gasteiger partial charge in [0.15, 0.2) is 0 Å². The maximum atomic E-state index is 5.76. The zero-order valence-electron chi connectivity index (χ0n) is 9.28. The van der Waals surface area contributed by atoms with E-state index in [1.165, 1.54) is 0 Å². The molecular formula is C12H15N3. The third-order valence-corrected chi connectivity index (χ3v) is 2.42. The van der Waals surface area contributed by atoms with Crippen LogP contribution in [0.5, 0.6) is 0 Å². The topological polar surface area (TPSA) is 51.8 Å². The number of hydrogen-bond acceptors (Lipinski definition) is 3. The molecule has 0 aliphatic heterocycles. The molecule has 0 aromatic carbocycles. The highest BCUT2D eigenvalue weighted by Gasteiger charge is 2.15. The Morgan fingerprint density at radius 3 is 2.53 bits per heavy atom. The lowest BCUT2D eigenvalue weighted by atomic mass is 9.91. The summed E-state index contributed by atoms with van der Waals surface area (Å²) in [7, 11) is 0. The first-order chi connectivity index (χ1) is 6.98. The molecule has 0 bridgehead atoms. The average Bonchev–Trinajstić information content (AvgIpc) is 2.16. The number of nitrogen functional groups attached to an aromatic ring is 1. The Morgan fingerprint density at radius 1 is 1.13 bits per heavy atom. The summed E-state index contributed by atoms with van der Waals surface area (Å²) in [4.78, 5) is 8.62. The highest BCUT2D eigenvalue weighted by atomic mass is 14.8. The molecule has 0 amide bonds. The molecule has 2 rings (SSSR count). The molecule has 2 aromatic rings. The molecule has 0 saturated heterocycles. The van der Waals surface area contributed by atoms with E-state index in [-0.39, 0.29) is 5.41 Å². The quantitative estimate of drug-likeness (QED) is 0.712. The van der Waals surface area contributed by atoms with Crippen molar-refractivity contribution in [2.45, 2.75) is 26.2 Å². The maximum Gasteiger partial charge on any atom is 0.132 e. The largest absolute Gasteiger partial charge is 0.383 e. The molecule has 2 N–H and O–H groups in total. The smallest absolute Gasteiger partial charge is 0.132 e. The van der Waals surface area contributed by atoms with Crippen molar-refractivity contribution in [1.29, 1.82) is 0 Å². The summed E-state index contributed by atoms with van der Waals surface area (Å²) in [5.74, 6) is 0.542. The highest BCUT2D eigenvalue weighted by molar-refractivity contribution is 5.87. The van der Waals surface area contributed by atoms with Crippen molar-refractivity contribution in [2.24, 2.45) is 0 Å². The van der Waals surface area contributed by atoms with Crippen LogP contribution in [-0.2, 0) is 5.41 Å². The Hall–Kier alpha value is -1.64. The standard InChI is InChI=1S/C12H15N3/c1-12(2,3)10-5-4-8-9(15-10)6-7-14-11(8)13/h4-7H,1-3H3,(H2,13,14). The Bertz CT molecular complexity index is 498. The number of nitrogens with two attached hydrogens (primary N) is 1. The molecule has 0 atom stereocenters. The van der Waals surface area contributed by atoms with Crippen LogP contribution in [0, 0.1) is 0 Å². The van der Waals surface area contributed by atoms with E-state index in [4.69, 9.17) is 5.73 Å². The summed E-state index contributed by atoms with van der Waals surface area (Å²) in [6.07, 6.45) is 1.69. The van der Waals surface area contributed by atoms with E-state index in [1.54, 1.807) is 6.20 Å². The van der Waals surface area contributed by atoms with Crippen molar-refractivity contribution in [3.63, 3.8) is 0 Å². The van der Waals surface area contributed by atoms with Crippen LogP contribution in [0.1, 0.15) is 26.5 Å². The molecule has 0 fully saturated rings. The second kappa shape index (κ2) is 3.19. The third-order valence-electron chi connectivity index (χ3n) is 2.42. The lowest BCUT2D eigenvalue weighted by molar-refractivity contribution is 0.571. The number of hydrogen-bond donors (Lipinski definition) is 1. The van der Waals surface area contributed by atoms with E-state index in [9.17, 15) is 0 Å². The average molecular weight is 201 g/mol. The number of aromatic nitrogens is 2. The van der Waals surface area contributed by atoms with Crippen molar-refractivity contribution >= 4 is 16.7 Å². The first-order valence-corrected chi connectivity index (χ1v) is 5.00. The molecule has 2 heterocycles. The molecule has 0 unspecified atom stereocenters. The van der Waals surface area contributed by atoms with Gasteiger partial charge < -0.3 is 5.73 Å². The van der Waals surface area contributed by atoms with Gasteiger partial charge in [-0.25, -0.2) is 4.98 Å². The monoisotopic (exact) mass is 201 g/mol. The molecular weight excluding hydrogens is 186 g/mol. The van der Waals surface area contributed by atoms with E-state index >= 15 is 0 Å². The van der Waals surface area contributed by atoms with Gasteiger partial charge in [-0.15, -0.1) is 0 Å². The van der Waals surface area contributed by atoms with E-state index in [0.717, 1.165) is 16.6 Å². The van der Waals surface area contributed by atoms with Crippen LogP contribution in [0.2, 0.25) is 0 Å².